The Morgan fingerprint density at radius 1 is 1.29 bits per heavy atom. The van der Waals surface area contributed by atoms with Gasteiger partial charge in [0.25, 0.3) is 5.56 Å². The summed E-state index contributed by atoms with van der Waals surface area (Å²) in [6.07, 6.45) is 0. The largest absolute Gasteiger partial charge is 0.381 e. The number of benzene rings is 1. The fraction of sp³-hybridized carbons (Fsp3) is 0.182. The summed E-state index contributed by atoms with van der Waals surface area (Å²) < 4.78 is 4.94. The van der Waals surface area contributed by atoms with E-state index in [2.05, 4.69) is 5.16 Å². The van der Waals surface area contributed by atoms with Crippen LogP contribution in [0.1, 0.15) is 11.3 Å². The van der Waals surface area contributed by atoms with Crippen molar-refractivity contribution in [2.75, 3.05) is 0 Å². The van der Waals surface area contributed by atoms with Crippen LogP contribution in [0.3, 0.4) is 0 Å². The number of hydrogen-bond acceptors (Lipinski definition) is 3. The summed E-state index contributed by atoms with van der Waals surface area (Å²) in [7, 11) is 0. The maximum absolute atomic E-state index is 11.0. The standard InChI is InChI=1S/C11H9Cl2NO2S/c12-8-3-1-2-7(4-8)5-17-6-9-10(13)11(15)14-16-9/h1-4H,5-6H2,(H,14,15). The molecule has 0 unspecified atom stereocenters. The Labute approximate surface area is 112 Å². The number of hydrogen-bond donors (Lipinski definition) is 1. The van der Waals surface area contributed by atoms with E-state index in [-0.39, 0.29) is 10.6 Å². The molecule has 0 fully saturated rings. The van der Waals surface area contributed by atoms with Crippen molar-refractivity contribution in [2.45, 2.75) is 11.5 Å². The summed E-state index contributed by atoms with van der Waals surface area (Å²) in [5.41, 5.74) is 0.738. The van der Waals surface area contributed by atoms with Gasteiger partial charge in [-0.1, -0.05) is 35.3 Å². The average molecular weight is 290 g/mol. The zero-order valence-corrected chi connectivity index (χ0v) is 11.0. The Balaban J connectivity index is 1.92. The SMILES string of the molecule is O=c1[nH]oc(CSCc2cccc(Cl)c2)c1Cl. The maximum Gasteiger partial charge on any atom is 0.298 e. The van der Waals surface area contributed by atoms with Gasteiger partial charge in [-0.25, -0.2) is 0 Å². The quantitative estimate of drug-likeness (QED) is 0.933. The van der Waals surface area contributed by atoms with E-state index in [0.29, 0.717) is 16.5 Å². The second-order valence-electron chi connectivity index (χ2n) is 3.39. The first-order valence-electron chi connectivity index (χ1n) is 4.85. The molecule has 0 radical (unpaired) electrons. The Bertz CT molecular complexity index is 565. The van der Waals surface area contributed by atoms with Gasteiger partial charge in [-0.3, -0.25) is 4.79 Å². The van der Waals surface area contributed by atoms with Crippen LogP contribution in [0.2, 0.25) is 10.0 Å². The molecule has 0 aliphatic carbocycles. The van der Waals surface area contributed by atoms with Crippen molar-refractivity contribution in [3.63, 3.8) is 0 Å². The lowest BCUT2D eigenvalue weighted by molar-refractivity contribution is 0.390. The van der Waals surface area contributed by atoms with Gasteiger partial charge in [0.05, 0.1) is 5.75 Å². The molecule has 2 rings (SSSR count). The van der Waals surface area contributed by atoms with E-state index >= 15 is 0 Å². The average Bonchev–Trinajstić information content (AvgIpc) is 2.61. The van der Waals surface area contributed by atoms with Crippen molar-refractivity contribution in [2.24, 2.45) is 0 Å². The minimum atomic E-state index is -0.384. The molecular weight excluding hydrogens is 281 g/mol. The summed E-state index contributed by atoms with van der Waals surface area (Å²) >= 11 is 13.2. The van der Waals surface area contributed by atoms with Gasteiger partial charge in [-0.15, -0.1) is 11.8 Å². The number of thioether (sulfide) groups is 1. The van der Waals surface area contributed by atoms with Crippen LogP contribution in [-0.2, 0) is 11.5 Å². The Hall–Kier alpha value is -0.840. The molecule has 17 heavy (non-hydrogen) atoms. The minimum Gasteiger partial charge on any atom is -0.381 e. The highest BCUT2D eigenvalue weighted by Gasteiger charge is 2.09. The fourth-order valence-electron chi connectivity index (χ4n) is 1.31. The summed E-state index contributed by atoms with van der Waals surface area (Å²) in [5, 5.41) is 3.04. The van der Waals surface area contributed by atoms with Crippen molar-refractivity contribution in [1.82, 2.24) is 5.16 Å². The van der Waals surface area contributed by atoms with E-state index in [0.717, 1.165) is 11.3 Å². The van der Waals surface area contributed by atoms with Gasteiger partial charge in [0.15, 0.2) is 10.8 Å². The lowest BCUT2D eigenvalue weighted by atomic mass is 10.2. The summed E-state index contributed by atoms with van der Waals surface area (Å²) in [5.74, 6) is 1.80. The van der Waals surface area contributed by atoms with Crippen LogP contribution in [0, 0.1) is 0 Å². The number of rotatable bonds is 4. The number of aromatic amines is 1. The van der Waals surface area contributed by atoms with Crippen LogP contribution in [0.25, 0.3) is 0 Å². The van der Waals surface area contributed by atoms with Crippen molar-refractivity contribution >= 4 is 35.0 Å². The third-order valence-electron chi connectivity index (χ3n) is 2.10. The zero-order valence-electron chi connectivity index (χ0n) is 8.70. The molecule has 0 saturated heterocycles. The highest BCUT2D eigenvalue weighted by molar-refractivity contribution is 7.97. The molecule has 90 valence electrons. The van der Waals surface area contributed by atoms with Gasteiger partial charge in [0.1, 0.15) is 0 Å². The first-order valence-corrected chi connectivity index (χ1v) is 6.76. The van der Waals surface area contributed by atoms with Crippen LogP contribution in [0.4, 0.5) is 0 Å². The lowest BCUT2D eigenvalue weighted by Crippen LogP contribution is -1.96. The monoisotopic (exact) mass is 289 g/mol. The molecular formula is C11H9Cl2NO2S. The highest BCUT2D eigenvalue weighted by atomic mass is 35.5. The third kappa shape index (κ3) is 3.31. The predicted octanol–water partition coefficient (Wildman–Crippen LogP) is 3.71. The number of nitrogens with one attached hydrogen (secondary N) is 1. The molecule has 0 spiro atoms. The van der Waals surface area contributed by atoms with Gasteiger partial charge >= 0.3 is 0 Å². The Kier molecular flexibility index (Phi) is 4.20. The first kappa shape index (κ1) is 12.6. The second-order valence-corrected chi connectivity index (χ2v) is 5.19. The van der Waals surface area contributed by atoms with Crippen LogP contribution in [0.5, 0.6) is 0 Å². The number of halogens is 2. The van der Waals surface area contributed by atoms with Crippen LogP contribution < -0.4 is 5.56 Å². The van der Waals surface area contributed by atoms with Gasteiger partial charge in [0, 0.05) is 10.8 Å². The molecule has 0 atom stereocenters. The van der Waals surface area contributed by atoms with Crippen molar-refractivity contribution < 1.29 is 4.52 Å². The molecule has 3 nitrogen and oxygen atoms in total. The molecule has 6 heteroatoms. The summed E-state index contributed by atoms with van der Waals surface area (Å²) in [6.45, 7) is 0. The van der Waals surface area contributed by atoms with E-state index in [4.69, 9.17) is 27.7 Å². The van der Waals surface area contributed by atoms with Crippen LogP contribution >= 0.6 is 35.0 Å². The van der Waals surface area contributed by atoms with Crippen molar-refractivity contribution in [3.8, 4) is 0 Å². The van der Waals surface area contributed by atoms with Crippen LogP contribution in [0.15, 0.2) is 33.6 Å². The molecule has 1 aromatic heterocycles. The molecule has 0 amide bonds. The maximum atomic E-state index is 11.0. The predicted molar refractivity (Wildman–Crippen MR) is 70.8 cm³/mol. The van der Waals surface area contributed by atoms with Gasteiger partial charge in [-0.05, 0) is 17.7 Å². The van der Waals surface area contributed by atoms with Gasteiger partial charge < -0.3 is 4.52 Å². The molecule has 2 aromatic rings. The molecule has 0 aliphatic rings. The molecule has 0 aliphatic heterocycles. The molecule has 1 N–H and O–H groups in total. The summed E-state index contributed by atoms with van der Waals surface area (Å²) in [4.78, 5) is 11.0. The number of aromatic nitrogens is 1. The van der Waals surface area contributed by atoms with Crippen LogP contribution in [-0.4, -0.2) is 5.16 Å². The van der Waals surface area contributed by atoms with E-state index in [1.807, 2.05) is 24.3 Å². The normalized spacial score (nSPS) is 10.7. The molecule has 0 bridgehead atoms. The summed E-state index contributed by atoms with van der Waals surface area (Å²) in [6, 6.07) is 7.64. The second kappa shape index (κ2) is 5.67. The van der Waals surface area contributed by atoms with E-state index < -0.39 is 0 Å². The highest BCUT2D eigenvalue weighted by Crippen LogP contribution is 2.22. The van der Waals surface area contributed by atoms with E-state index in [9.17, 15) is 4.79 Å². The number of H-pyrrole nitrogens is 1. The van der Waals surface area contributed by atoms with E-state index in [1.54, 1.807) is 11.8 Å². The topological polar surface area (TPSA) is 46.0 Å². The molecule has 0 saturated carbocycles. The molecule has 1 heterocycles. The van der Waals surface area contributed by atoms with Crippen molar-refractivity contribution in [3.05, 3.63) is 56.0 Å². The van der Waals surface area contributed by atoms with Gasteiger partial charge in [-0.2, -0.15) is 5.16 Å². The third-order valence-corrected chi connectivity index (χ3v) is 3.72. The zero-order chi connectivity index (χ0) is 12.3. The molecule has 1 aromatic carbocycles. The Morgan fingerprint density at radius 2 is 2.12 bits per heavy atom. The Morgan fingerprint density at radius 3 is 2.76 bits per heavy atom. The lowest BCUT2D eigenvalue weighted by Gasteiger charge is -2.00. The fourth-order valence-corrected chi connectivity index (χ4v) is 2.65. The van der Waals surface area contributed by atoms with Gasteiger partial charge in [0.2, 0.25) is 0 Å². The van der Waals surface area contributed by atoms with Crippen molar-refractivity contribution in [1.29, 1.82) is 0 Å². The minimum absolute atomic E-state index is 0.128. The smallest absolute Gasteiger partial charge is 0.298 e. The van der Waals surface area contributed by atoms with E-state index in [1.165, 1.54) is 0 Å². The first-order chi connectivity index (χ1) is 8.16.